The molecule has 0 radical (unpaired) electrons. The molecule has 0 saturated heterocycles. The minimum atomic E-state index is 1.10. The third-order valence-corrected chi connectivity index (χ3v) is 4.87. The highest BCUT2D eigenvalue weighted by atomic mass is 32.2. The summed E-state index contributed by atoms with van der Waals surface area (Å²) in [6, 6.07) is 6.71. The lowest BCUT2D eigenvalue weighted by atomic mass is 10.1. The molecule has 14 heavy (non-hydrogen) atoms. The highest BCUT2D eigenvalue weighted by Gasteiger charge is 2.08. The minimum absolute atomic E-state index is 1.10. The van der Waals surface area contributed by atoms with Crippen LogP contribution in [0.25, 0.3) is 10.1 Å². The van der Waals surface area contributed by atoms with Crippen LogP contribution in [0.5, 0.6) is 0 Å². The Kier molecular flexibility index (Phi) is 3.10. The first kappa shape index (κ1) is 10.4. The van der Waals surface area contributed by atoms with Gasteiger partial charge in [-0.25, -0.2) is 0 Å². The maximum Gasteiger partial charge on any atom is 0.0716 e. The Bertz CT molecular complexity index is 457. The van der Waals surface area contributed by atoms with Gasteiger partial charge in [0.2, 0.25) is 0 Å². The zero-order valence-electron chi connectivity index (χ0n) is 8.20. The Morgan fingerprint density at radius 1 is 1.43 bits per heavy atom. The predicted octanol–water partition coefficient (Wildman–Crippen LogP) is 4.47. The quantitative estimate of drug-likeness (QED) is 0.597. The van der Waals surface area contributed by atoms with Gasteiger partial charge in [-0.05, 0) is 24.3 Å². The van der Waals surface area contributed by atoms with Crippen LogP contribution in [0.15, 0.2) is 27.3 Å². The van der Waals surface area contributed by atoms with E-state index in [0.29, 0.717) is 0 Å². The fourth-order valence-corrected chi connectivity index (χ4v) is 4.12. The van der Waals surface area contributed by atoms with Crippen molar-refractivity contribution in [2.75, 3.05) is 6.26 Å². The average molecular weight is 240 g/mol. The molecule has 0 amide bonds. The summed E-state index contributed by atoms with van der Waals surface area (Å²) in [7, 11) is 0. The van der Waals surface area contributed by atoms with E-state index in [0.717, 1.165) is 10.6 Å². The number of hydrogen-bond donors (Lipinski definition) is 1. The standard InChI is InChI=1S/C11H12S3/c1-3-7-4-5-8-9(6-7)14-11(12)10(8)13-2/h4-6,12H,3H2,1-2H3. The van der Waals surface area contributed by atoms with E-state index in [2.05, 4.69) is 44.0 Å². The highest BCUT2D eigenvalue weighted by molar-refractivity contribution is 7.99. The van der Waals surface area contributed by atoms with Crippen LogP contribution >= 0.6 is 35.7 Å². The molecule has 0 nitrogen and oxygen atoms in total. The molecule has 1 aromatic heterocycles. The Morgan fingerprint density at radius 2 is 2.21 bits per heavy atom. The molecule has 2 aromatic rings. The number of fused-ring (bicyclic) bond motifs is 1. The van der Waals surface area contributed by atoms with Crippen LogP contribution in [0, 0.1) is 0 Å². The molecule has 0 fully saturated rings. The molecule has 0 spiro atoms. The van der Waals surface area contributed by atoms with Crippen LogP contribution in [0.3, 0.4) is 0 Å². The van der Waals surface area contributed by atoms with Gasteiger partial charge in [0, 0.05) is 15.0 Å². The number of thiol groups is 1. The summed E-state index contributed by atoms with van der Waals surface area (Å²) in [5, 5.41) is 1.35. The van der Waals surface area contributed by atoms with E-state index >= 15 is 0 Å². The van der Waals surface area contributed by atoms with E-state index in [1.54, 1.807) is 23.1 Å². The van der Waals surface area contributed by atoms with Crippen LogP contribution in [-0.4, -0.2) is 6.26 Å². The van der Waals surface area contributed by atoms with Gasteiger partial charge in [0.25, 0.3) is 0 Å². The van der Waals surface area contributed by atoms with E-state index in [-0.39, 0.29) is 0 Å². The molecule has 0 aliphatic carbocycles. The first-order valence-electron chi connectivity index (χ1n) is 4.54. The summed E-state index contributed by atoms with van der Waals surface area (Å²) in [5.74, 6) is 0. The lowest BCUT2D eigenvalue weighted by Gasteiger charge is -1.97. The van der Waals surface area contributed by atoms with Gasteiger partial charge in [-0.1, -0.05) is 19.1 Å². The summed E-state index contributed by atoms with van der Waals surface area (Å²) in [6.45, 7) is 2.19. The summed E-state index contributed by atoms with van der Waals surface area (Å²) < 4.78 is 2.50. The van der Waals surface area contributed by atoms with Crippen molar-refractivity contribution in [2.45, 2.75) is 22.4 Å². The normalized spacial score (nSPS) is 11.1. The van der Waals surface area contributed by atoms with Crippen LogP contribution in [-0.2, 0) is 6.42 Å². The van der Waals surface area contributed by atoms with Gasteiger partial charge in [0.15, 0.2) is 0 Å². The average Bonchev–Trinajstić information content (AvgIpc) is 2.51. The molecule has 2 rings (SSSR count). The van der Waals surface area contributed by atoms with Gasteiger partial charge in [-0.2, -0.15) is 0 Å². The molecule has 0 unspecified atom stereocenters. The van der Waals surface area contributed by atoms with Crippen LogP contribution in [0.4, 0.5) is 0 Å². The molecule has 0 saturated carbocycles. The molecular weight excluding hydrogens is 228 g/mol. The summed E-state index contributed by atoms with van der Waals surface area (Å²) in [4.78, 5) is 1.32. The van der Waals surface area contributed by atoms with Crippen molar-refractivity contribution < 1.29 is 0 Å². The van der Waals surface area contributed by atoms with E-state index in [1.807, 2.05) is 0 Å². The van der Waals surface area contributed by atoms with E-state index in [9.17, 15) is 0 Å². The molecule has 0 bridgehead atoms. The minimum Gasteiger partial charge on any atom is -0.132 e. The number of thiophene rings is 1. The van der Waals surface area contributed by atoms with Gasteiger partial charge in [0.05, 0.1) is 4.21 Å². The fraction of sp³-hybridized carbons (Fsp3) is 0.273. The zero-order chi connectivity index (χ0) is 10.1. The van der Waals surface area contributed by atoms with Crippen LogP contribution < -0.4 is 0 Å². The molecule has 1 heterocycles. The second-order valence-electron chi connectivity index (χ2n) is 3.12. The number of benzene rings is 1. The van der Waals surface area contributed by atoms with Crippen molar-refractivity contribution >= 4 is 45.8 Å². The highest BCUT2D eigenvalue weighted by Crippen LogP contribution is 2.39. The maximum absolute atomic E-state index is 4.50. The SMILES string of the molecule is CCc1ccc2c(SC)c(S)sc2c1. The molecule has 0 atom stereocenters. The van der Waals surface area contributed by atoms with Crippen LogP contribution in [0.1, 0.15) is 12.5 Å². The largest absolute Gasteiger partial charge is 0.132 e. The lowest BCUT2D eigenvalue weighted by Crippen LogP contribution is -1.77. The number of rotatable bonds is 2. The third-order valence-electron chi connectivity index (χ3n) is 2.30. The molecule has 0 aliphatic rings. The first-order valence-corrected chi connectivity index (χ1v) is 7.03. The molecule has 1 aromatic carbocycles. The number of aryl methyl sites for hydroxylation is 1. The summed E-state index contributed by atoms with van der Waals surface area (Å²) >= 11 is 8.05. The Balaban J connectivity index is 2.68. The zero-order valence-corrected chi connectivity index (χ0v) is 10.7. The van der Waals surface area contributed by atoms with Gasteiger partial charge in [-0.15, -0.1) is 35.7 Å². The molecular formula is C11H12S3. The number of thioether (sulfide) groups is 1. The Labute approximate surface area is 98.1 Å². The second kappa shape index (κ2) is 4.17. The fourth-order valence-electron chi connectivity index (χ4n) is 1.52. The van der Waals surface area contributed by atoms with Crippen molar-refractivity contribution in [3.63, 3.8) is 0 Å². The van der Waals surface area contributed by atoms with Crippen molar-refractivity contribution in [2.24, 2.45) is 0 Å². The summed E-state index contributed by atoms with van der Waals surface area (Å²) in [5.41, 5.74) is 1.40. The predicted molar refractivity (Wildman–Crippen MR) is 70.2 cm³/mol. The summed E-state index contributed by atoms with van der Waals surface area (Å²) in [6.07, 6.45) is 3.21. The third kappa shape index (κ3) is 1.69. The van der Waals surface area contributed by atoms with Crippen molar-refractivity contribution in [3.05, 3.63) is 23.8 Å². The second-order valence-corrected chi connectivity index (χ2v) is 5.74. The van der Waals surface area contributed by atoms with E-state index in [1.165, 1.54) is 20.5 Å². The number of hydrogen-bond acceptors (Lipinski definition) is 3. The lowest BCUT2D eigenvalue weighted by molar-refractivity contribution is 1.15. The van der Waals surface area contributed by atoms with Gasteiger partial charge in [-0.3, -0.25) is 0 Å². The van der Waals surface area contributed by atoms with Gasteiger partial charge < -0.3 is 0 Å². The maximum atomic E-state index is 4.50. The van der Waals surface area contributed by atoms with Gasteiger partial charge in [0.1, 0.15) is 0 Å². The van der Waals surface area contributed by atoms with Crippen molar-refractivity contribution in [1.29, 1.82) is 0 Å². The van der Waals surface area contributed by atoms with Crippen molar-refractivity contribution in [1.82, 2.24) is 0 Å². The molecule has 3 heteroatoms. The van der Waals surface area contributed by atoms with Gasteiger partial charge >= 0.3 is 0 Å². The monoisotopic (exact) mass is 240 g/mol. The molecule has 74 valence electrons. The van der Waals surface area contributed by atoms with Crippen molar-refractivity contribution in [3.8, 4) is 0 Å². The first-order chi connectivity index (χ1) is 6.76. The van der Waals surface area contributed by atoms with E-state index < -0.39 is 0 Å². The topological polar surface area (TPSA) is 0 Å². The Morgan fingerprint density at radius 3 is 2.86 bits per heavy atom. The molecule has 0 N–H and O–H groups in total. The molecule has 0 aliphatic heterocycles. The van der Waals surface area contributed by atoms with Crippen LogP contribution in [0.2, 0.25) is 0 Å². The Hall–Kier alpha value is -0.120. The smallest absolute Gasteiger partial charge is 0.0716 e. The van der Waals surface area contributed by atoms with E-state index in [4.69, 9.17) is 0 Å².